The van der Waals surface area contributed by atoms with Crippen molar-refractivity contribution in [1.82, 2.24) is 4.98 Å². The van der Waals surface area contributed by atoms with E-state index in [1.165, 1.54) is 0 Å². The van der Waals surface area contributed by atoms with Gasteiger partial charge in [-0.15, -0.1) is 0 Å². The van der Waals surface area contributed by atoms with Gasteiger partial charge in [0.05, 0.1) is 6.61 Å². The van der Waals surface area contributed by atoms with Crippen LogP contribution in [0, 0.1) is 0 Å². The van der Waals surface area contributed by atoms with Gasteiger partial charge in [0.2, 0.25) is 0 Å². The molecule has 2 unspecified atom stereocenters. The normalized spacial score (nSPS) is 13.6. The van der Waals surface area contributed by atoms with Crippen molar-refractivity contribution < 1.29 is 9.47 Å². The Morgan fingerprint density at radius 2 is 1.85 bits per heavy atom. The molecule has 20 heavy (non-hydrogen) atoms. The highest BCUT2D eigenvalue weighted by Gasteiger charge is 2.18. The molecule has 0 aliphatic carbocycles. The van der Waals surface area contributed by atoms with Crippen molar-refractivity contribution in [3.8, 4) is 11.5 Å². The molecule has 1 aromatic carbocycles. The highest BCUT2D eigenvalue weighted by molar-refractivity contribution is 5.33. The average Bonchev–Trinajstić information content (AvgIpc) is 2.46. The number of pyridine rings is 1. The predicted molar refractivity (Wildman–Crippen MR) is 78.9 cm³/mol. The zero-order chi connectivity index (χ0) is 14.4. The molecule has 0 spiro atoms. The van der Waals surface area contributed by atoms with E-state index in [9.17, 15) is 0 Å². The molecule has 0 saturated heterocycles. The summed E-state index contributed by atoms with van der Waals surface area (Å²) in [6, 6.07) is 11.3. The van der Waals surface area contributed by atoms with E-state index >= 15 is 0 Å². The number of hydrogen-bond donors (Lipinski definition) is 1. The first-order valence-corrected chi connectivity index (χ1v) is 6.75. The summed E-state index contributed by atoms with van der Waals surface area (Å²) in [4.78, 5) is 4.02. The fourth-order valence-electron chi connectivity index (χ4n) is 1.98. The van der Waals surface area contributed by atoms with E-state index in [-0.39, 0.29) is 12.1 Å². The molecule has 0 radical (unpaired) electrons. The largest absolute Gasteiger partial charge is 0.494 e. The lowest BCUT2D eigenvalue weighted by atomic mass is 10.1. The van der Waals surface area contributed by atoms with Gasteiger partial charge in [-0.2, -0.15) is 0 Å². The van der Waals surface area contributed by atoms with Crippen molar-refractivity contribution in [3.05, 3.63) is 54.4 Å². The summed E-state index contributed by atoms with van der Waals surface area (Å²) in [6.07, 6.45) is 3.27. The Hall–Kier alpha value is -2.07. The van der Waals surface area contributed by atoms with Crippen LogP contribution in [0.2, 0.25) is 0 Å². The van der Waals surface area contributed by atoms with Crippen molar-refractivity contribution in [1.29, 1.82) is 0 Å². The maximum absolute atomic E-state index is 6.04. The maximum atomic E-state index is 6.04. The molecule has 0 amide bonds. The number of aromatic nitrogens is 1. The lowest BCUT2D eigenvalue weighted by Crippen LogP contribution is -2.29. The Morgan fingerprint density at radius 1 is 1.15 bits per heavy atom. The first-order valence-electron chi connectivity index (χ1n) is 6.75. The third-order valence-electron chi connectivity index (χ3n) is 2.89. The van der Waals surface area contributed by atoms with E-state index in [2.05, 4.69) is 4.98 Å². The molecule has 4 heteroatoms. The number of nitrogens with two attached hydrogens (primary N) is 1. The third-order valence-corrected chi connectivity index (χ3v) is 2.89. The van der Waals surface area contributed by atoms with Crippen LogP contribution in [-0.2, 0) is 0 Å². The molecule has 1 heterocycles. The topological polar surface area (TPSA) is 57.4 Å². The van der Waals surface area contributed by atoms with Crippen LogP contribution in [-0.4, -0.2) is 17.6 Å². The first kappa shape index (κ1) is 14.3. The van der Waals surface area contributed by atoms with Crippen LogP contribution < -0.4 is 15.2 Å². The van der Waals surface area contributed by atoms with Crippen LogP contribution in [0.15, 0.2) is 48.8 Å². The molecule has 4 nitrogen and oxygen atoms in total. The van der Waals surface area contributed by atoms with Gasteiger partial charge in [0.25, 0.3) is 0 Å². The van der Waals surface area contributed by atoms with Gasteiger partial charge < -0.3 is 15.2 Å². The second-order valence-corrected chi connectivity index (χ2v) is 4.59. The quantitative estimate of drug-likeness (QED) is 0.878. The molecule has 0 bridgehead atoms. The molecule has 2 N–H and O–H groups in total. The van der Waals surface area contributed by atoms with E-state index in [1.54, 1.807) is 12.4 Å². The SMILES string of the molecule is CCOc1cccc(OC(c2ccncc2)C(C)N)c1. The number of hydrogen-bond acceptors (Lipinski definition) is 4. The van der Waals surface area contributed by atoms with Crippen LogP contribution in [0.3, 0.4) is 0 Å². The molecule has 0 aliphatic rings. The molecular formula is C16H20N2O2. The zero-order valence-electron chi connectivity index (χ0n) is 11.8. The number of benzene rings is 1. The Kier molecular flexibility index (Phi) is 4.96. The first-order chi connectivity index (χ1) is 9.70. The average molecular weight is 272 g/mol. The van der Waals surface area contributed by atoms with Gasteiger partial charge in [0.15, 0.2) is 0 Å². The fraction of sp³-hybridized carbons (Fsp3) is 0.312. The Morgan fingerprint density at radius 3 is 2.50 bits per heavy atom. The van der Waals surface area contributed by atoms with Gasteiger partial charge in [-0.25, -0.2) is 0 Å². The van der Waals surface area contributed by atoms with E-state index in [1.807, 2.05) is 50.2 Å². The highest BCUT2D eigenvalue weighted by atomic mass is 16.5. The zero-order valence-corrected chi connectivity index (χ0v) is 11.8. The molecular weight excluding hydrogens is 252 g/mol. The lowest BCUT2D eigenvalue weighted by Gasteiger charge is -2.23. The van der Waals surface area contributed by atoms with Crippen LogP contribution >= 0.6 is 0 Å². The van der Waals surface area contributed by atoms with Gasteiger partial charge in [-0.05, 0) is 43.7 Å². The lowest BCUT2D eigenvalue weighted by molar-refractivity contribution is 0.179. The summed E-state index contributed by atoms with van der Waals surface area (Å²) < 4.78 is 11.5. The summed E-state index contributed by atoms with van der Waals surface area (Å²) >= 11 is 0. The van der Waals surface area contributed by atoms with Gasteiger partial charge in [-0.1, -0.05) is 6.07 Å². The maximum Gasteiger partial charge on any atom is 0.139 e. The van der Waals surface area contributed by atoms with Gasteiger partial charge in [0, 0.05) is 24.5 Å². The third kappa shape index (κ3) is 3.71. The standard InChI is InChI=1S/C16H20N2O2/c1-3-19-14-5-4-6-15(11-14)20-16(12(2)17)13-7-9-18-10-8-13/h4-12,16H,3,17H2,1-2H3. The highest BCUT2D eigenvalue weighted by Crippen LogP contribution is 2.26. The minimum atomic E-state index is -0.213. The van der Waals surface area contributed by atoms with E-state index in [4.69, 9.17) is 15.2 Å². The van der Waals surface area contributed by atoms with E-state index < -0.39 is 0 Å². The summed E-state index contributed by atoms with van der Waals surface area (Å²) in [5, 5.41) is 0. The van der Waals surface area contributed by atoms with E-state index in [0.717, 1.165) is 17.1 Å². The minimum Gasteiger partial charge on any atom is -0.494 e. The summed E-state index contributed by atoms with van der Waals surface area (Å²) in [5.74, 6) is 1.54. The molecule has 2 atom stereocenters. The van der Waals surface area contributed by atoms with Crippen molar-refractivity contribution in [3.63, 3.8) is 0 Å². The summed E-state index contributed by atoms with van der Waals surface area (Å²) in [7, 11) is 0. The van der Waals surface area contributed by atoms with Crippen LogP contribution in [0.4, 0.5) is 0 Å². The number of ether oxygens (including phenoxy) is 2. The van der Waals surface area contributed by atoms with Gasteiger partial charge in [-0.3, -0.25) is 4.98 Å². The second-order valence-electron chi connectivity index (χ2n) is 4.59. The number of rotatable bonds is 6. The number of nitrogens with zero attached hydrogens (tertiary/aromatic N) is 1. The van der Waals surface area contributed by atoms with Crippen LogP contribution in [0.5, 0.6) is 11.5 Å². The smallest absolute Gasteiger partial charge is 0.139 e. The van der Waals surface area contributed by atoms with Crippen LogP contribution in [0.1, 0.15) is 25.5 Å². The minimum absolute atomic E-state index is 0.131. The second kappa shape index (κ2) is 6.91. The monoisotopic (exact) mass is 272 g/mol. The summed E-state index contributed by atoms with van der Waals surface area (Å²) in [6.45, 7) is 4.51. The van der Waals surface area contributed by atoms with Crippen molar-refractivity contribution in [2.45, 2.75) is 26.0 Å². The Bertz CT molecular complexity index is 529. The van der Waals surface area contributed by atoms with Crippen LogP contribution in [0.25, 0.3) is 0 Å². The molecule has 0 saturated carbocycles. The fourth-order valence-corrected chi connectivity index (χ4v) is 1.98. The Balaban J connectivity index is 2.18. The van der Waals surface area contributed by atoms with Crippen molar-refractivity contribution in [2.24, 2.45) is 5.73 Å². The molecule has 0 aliphatic heterocycles. The molecule has 106 valence electrons. The van der Waals surface area contributed by atoms with E-state index in [0.29, 0.717) is 6.61 Å². The predicted octanol–water partition coefficient (Wildman–Crippen LogP) is 2.95. The van der Waals surface area contributed by atoms with Gasteiger partial charge in [0.1, 0.15) is 17.6 Å². The molecule has 2 aromatic rings. The van der Waals surface area contributed by atoms with Crippen molar-refractivity contribution >= 4 is 0 Å². The van der Waals surface area contributed by atoms with Crippen molar-refractivity contribution in [2.75, 3.05) is 6.61 Å². The molecule has 1 aromatic heterocycles. The molecule has 2 rings (SSSR count). The molecule has 0 fully saturated rings. The summed E-state index contributed by atoms with van der Waals surface area (Å²) in [5.41, 5.74) is 7.05. The van der Waals surface area contributed by atoms with Gasteiger partial charge >= 0.3 is 0 Å². The Labute approximate surface area is 119 Å².